The normalized spacial score (nSPS) is 13.6. The number of rotatable bonds is 4. The van der Waals surface area contributed by atoms with Gasteiger partial charge in [0.1, 0.15) is 5.52 Å². The van der Waals surface area contributed by atoms with Gasteiger partial charge in [-0.05, 0) is 89.0 Å². The molecule has 0 radical (unpaired) electrons. The molecule has 4 heteroatoms. The second-order valence-corrected chi connectivity index (χ2v) is 14.0. The maximum Gasteiger partial charge on any atom is 0.227 e. The standard InChI is InChI=1S/C46H31N3O/c1-46(2)37-19-11-9-17-32(37)33-23-21-31(26-38(33)46)48(29-15-7-4-8-16-29)30-22-24-41-35(25-30)36-27-39-44(50-45(47-39)28-13-5-3-6-14-28)42-34-18-10-12-20-40(34)49(41)43(36)42/h3-27H,1-2H3. The van der Waals surface area contributed by atoms with Crippen LogP contribution in [0.4, 0.5) is 17.1 Å². The summed E-state index contributed by atoms with van der Waals surface area (Å²) in [4.78, 5) is 7.45. The first-order valence-electron chi connectivity index (χ1n) is 17.2. The van der Waals surface area contributed by atoms with Gasteiger partial charge in [-0.25, -0.2) is 4.98 Å². The van der Waals surface area contributed by atoms with E-state index in [0.29, 0.717) is 5.89 Å². The zero-order valence-electron chi connectivity index (χ0n) is 27.7. The fourth-order valence-electron chi connectivity index (χ4n) is 8.63. The number of fused-ring (bicyclic) bond motifs is 11. The molecule has 0 amide bonds. The predicted molar refractivity (Wildman–Crippen MR) is 206 cm³/mol. The van der Waals surface area contributed by atoms with Gasteiger partial charge in [0, 0.05) is 44.2 Å². The Labute approximate surface area is 288 Å². The molecule has 0 bridgehead atoms. The fraction of sp³-hybridized carbons (Fsp3) is 0.0652. The molecule has 0 atom stereocenters. The van der Waals surface area contributed by atoms with Crippen LogP contribution >= 0.6 is 0 Å². The Morgan fingerprint density at radius 1 is 0.560 bits per heavy atom. The smallest absolute Gasteiger partial charge is 0.227 e. The van der Waals surface area contributed by atoms with Gasteiger partial charge in [0.2, 0.25) is 5.89 Å². The van der Waals surface area contributed by atoms with Crippen molar-refractivity contribution in [3.05, 3.63) is 163 Å². The Balaban J connectivity index is 1.17. The molecule has 11 rings (SSSR count). The third kappa shape index (κ3) is 3.62. The van der Waals surface area contributed by atoms with Gasteiger partial charge < -0.3 is 13.7 Å². The molecule has 50 heavy (non-hydrogen) atoms. The molecule has 3 aromatic heterocycles. The van der Waals surface area contributed by atoms with Crippen LogP contribution in [0.2, 0.25) is 0 Å². The number of oxazole rings is 1. The molecule has 0 spiro atoms. The minimum atomic E-state index is -0.0932. The van der Waals surface area contributed by atoms with Crippen LogP contribution in [0.15, 0.2) is 156 Å². The minimum absolute atomic E-state index is 0.0932. The van der Waals surface area contributed by atoms with Gasteiger partial charge >= 0.3 is 0 Å². The second kappa shape index (κ2) is 9.83. The summed E-state index contributed by atoms with van der Waals surface area (Å²) in [6, 6.07) is 54.5. The number of hydrogen-bond acceptors (Lipinski definition) is 3. The van der Waals surface area contributed by atoms with E-state index in [0.717, 1.165) is 39.1 Å². The zero-order valence-corrected chi connectivity index (χ0v) is 27.7. The molecule has 3 heterocycles. The van der Waals surface area contributed by atoms with E-state index >= 15 is 0 Å². The highest BCUT2D eigenvalue weighted by molar-refractivity contribution is 6.30. The molecule has 10 aromatic rings. The molecule has 7 aromatic carbocycles. The van der Waals surface area contributed by atoms with E-state index in [1.54, 1.807) is 0 Å². The highest BCUT2D eigenvalue weighted by Gasteiger charge is 2.36. The third-order valence-corrected chi connectivity index (χ3v) is 10.9. The summed E-state index contributed by atoms with van der Waals surface area (Å²) in [5, 5.41) is 4.65. The minimum Gasteiger partial charge on any atom is -0.435 e. The summed E-state index contributed by atoms with van der Waals surface area (Å²) in [6.07, 6.45) is 0. The van der Waals surface area contributed by atoms with Crippen molar-refractivity contribution in [2.45, 2.75) is 19.3 Å². The molecule has 0 fully saturated rings. The average molecular weight is 642 g/mol. The van der Waals surface area contributed by atoms with Crippen LogP contribution in [0, 0.1) is 0 Å². The predicted octanol–water partition coefficient (Wildman–Crippen LogP) is 12.4. The maximum atomic E-state index is 6.59. The first kappa shape index (κ1) is 27.5. The molecule has 0 aliphatic heterocycles. The van der Waals surface area contributed by atoms with Crippen LogP contribution < -0.4 is 4.90 Å². The number of para-hydroxylation sites is 2. The molecule has 236 valence electrons. The van der Waals surface area contributed by atoms with Crippen LogP contribution in [0.3, 0.4) is 0 Å². The molecule has 0 N–H and O–H groups in total. The van der Waals surface area contributed by atoms with Crippen molar-refractivity contribution in [3.8, 4) is 22.6 Å². The van der Waals surface area contributed by atoms with E-state index in [2.05, 4.69) is 157 Å². The van der Waals surface area contributed by atoms with Crippen LogP contribution in [0.1, 0.15) is 25.0 Å². The van der Waals surface area contributed by atoms with Crippen LogP contribution in [0.5, 0.6) is 0 Å². The van der Waals surface area contributed by atoms with Crippen molar-refractivity contribution in [2.24, 2.45) is 0 Å². The topological polar surface area (TPSA) is 33.7 Å². The van der Waals surface area contributed by atoms with Gasteiger partial charge in [-0.1, -0.05) is 98.8 Å². The van der Waals surface area contributed by atoms with Crippen molar-refractivity contribution in [1.82, 2.24) is 9.38 Å². The van der Waals surface area contributed by atoms with Crippen LogP contribution in [0.25, 0.3) is 71.8 Å². The van der Waals surface area contributed by atoms with E-state index in [1.165, 1.54) is 55.0 Å². The third-order valence-electron chi connectivity index (χ3n) is 10.9. The molecule has 0 saturated heterocycles. The fourth-order valence-corrected chi connectivity index (χ4v) is 8.63. The Hall–Kier alpha value is -6.39. The largest absolute Gasteiger partial charge is 0.435 e. The number of aromatic nitrogens is 2. The van der Waals surface area contributed by atoms with Gasteiger partial charge in [0.15, 0.2) is 5.58 Å². The van der Waals surface area contributed by atoms with Gasteiger partial charge in [-0.2, -0.15) is 0 Å². The Morgan fingerprint density at radius 3 is 2.10 bits per heavy atom. The Kier molecular flexibility index (Phi) is 5.42. The van der Waals surface area contributed by atoms with Gasteiger partial charge in [0.05, 0.1) is 21.9 Å². The van der Waals surface area contributed by atoms with Crippen LogP contribution in [-0.4, -0.2) is 9.38 Å². The lowest BCUT2D eigenvalue weighted by Gasteiger charge is -2.28. The first-order chi connectivity index (χ1) is 24.6. The number of anilines is 3. The molecule has 0 unspecified atom stereocenters. The summed E-state index contributed by atoms with van der Waals surface area (Å²) in [7, 11) is 0. The summed E-state index contributed by atoms with van der Waals surface area (Å²) < 4.78 is 9.00. The molecule has 1 aliphatic carbocycles. The summed E-state index contributed by atoms with van der Waals surface area (Å²) >= 11 is 0. The Morgan fingerprint density at radius 2 is 1.24 bits per heavy atom. The lowest BCUT2D eigenvalue weighted by molar-refractivity contribution is 0.623. The summed E-state index contributed by atoms with van der Waals surface area (Å²) in [5.74, 6) is 0.641. The van der Waals surface area contributed by atoms with E-state index in [9.17, 15) is 0 Å². The second-order valence-electron chi connectivity index (χ2n) is 14.0. The van der Waals surface area contributed by atoms with Crippen molar-refractivity contribution in [1.29, 1.82) is 0 Å². The number of nitrogens with zero attached hydrogens (tertiary/aromatic N) is 3. The Bertz CT molecular complexity index is 2950. The number of benzene rings is 7. The number of hydrogen-bond donors (Lipinski definition) is 0. The van der Waals surface area contributed by atoms with Gasteiger partial charge in [-0.3, -0.25) is 0 Å². The molecule has 4 nitrogen and oxygen atoms in total. The zero-order chi connectivity index (χ0) is 33.1. The highest BCUT2D eigenvalue weighted by Crippen LogP contribution is 2.51. The monoisotopic (exact) mass is 641 g/mol. The average Bonchev–Trinajstić information content (AvgIpc) is 3.89. The van der Waals surface area contributed by atoms with E-state index in [-0.39, 0.29) is 5.41 Å². The molecule has 0 saturated carbocycles. The summed E-state index contributed by atoms with van der Waals surface area (Å²) in [6.45, 7) is 4.69. The molecular weight excluding hydrogens is 611 g/mol. The lowest BCUT2D eigenvalue weighted by atomic mass is 9.82. The van der Waals surface area contributed by atoms with Gasteiger partial charge in [-0.15, -0.1) is 0 Å². The lowest BCUT2D eigenvalue weighted by Crippen LogP contribution is -2.16. The highest BCUT2D eigenvalue weighted by atomic mass is 16.3. The summed E-state index contributed by atoms with van der Waals surface area (Å²) in [5.41, 5.74) is 14.8. The van der Waals surface area contributed by atoms with E-state index < -0.39 is 0 Å². The van der Waals surface area contributed by atoms with Crippen LogP contribution in [-0.2, 0) is 5.41 Å². The van der Waals surface area contributed by atoms with Crippen molar-refractivity contribution >= 4 is 66.3 Å². The van der Waals surface area contributed by atoms with E-state index in [4.69, 9.17) is 9.40 Å². The maximum absolute atomic E-state index is 6.59. The van der Waals surface area contributed by atoms with Crippen molar-refractivity contribution < 1.29 is 4.42 Å². The SMILES string of the molecule is CC1(C)c2ccccc2-c2ccc(N(c3ccccc3)c3ccc4c(c3)c3cc5nc(-c6ccccc6)oc5c5c6ccccc6n4c35)cc21. The first-order valence-corrected chi connectivity index (χ1v) is 17.2. The quantitative estimate of drug-likeness (QED) is 0.192. The molecule has 1 aliphatic rings. The molecular formula is C46H31N3O. The van der Waals surface area contributed by atoms with E-state index in [1.807, 2.05) is 18.2 Å². The van der Waals surface area contributed by atoms with Crippen molar-refractivity contribution in [2.75, 3.05) is 4.90 Å². The van der Waals surface area contributed by atoms with Crippen molar-refractivity contribution in [3.63, 3.8) is 0 Å². The van der Waals surface area contributed by atoms with Gasteiger partial charge in [0.25, 0.3) is 0 Å².